The van der Waals surface area contributed by atoms with Crippen LogP contribution in [-0.2, 0) is 20.0 Å². The summed E-state index contributed by atoms with van der Waals surface area (Å²) in [7, 11) is 2.12. The van der Waals surface area contributed by atoms with Crippen LogP contribution in [0.2, 0.25) is 0 Å². The van der Waals surface area contributed by atoms with E-state index in [-0.39, 0.29) is 0 Å². The van der Waals surface area contributed by atoms with Gasteiger partial charge in [0.05, 0.1) is 0 Å². The molecule has 0 bridgehead atoms. The van der Waals surface area contributed by atoms with Gasteiger partial charge < -0.3 is 9.88 Å². The zero-order chi connectivity index (χ0) is 16.2. The number of nitrogens with one attached hydrogen (secondary N) is 1. The Kier molecular flexibility index (Phi) is 4.82. The van der Waals surface area contributed by atoms with Gasteiger partial charge in [0.1, 0.15) is 0 Å². The molecule has 3 rings (SSSR count). The van der Waals surface area contributed by atoms with E-state index in [1.165, 1.54) is 27.6 Å². The molecule has 3 aromatic rings. The molecule has 2 aromatic carbocycles. The Bertz CT molecular complexity index is 766. The second-order valence-electron chi connectivity index (χ2n) is 6.61. The van der Waals surface area contributed by atoms with Gasteiger partial charge >= 0.3 is 0 Å². The lowest BCUT2D eigenvalue weighted by atomic mass is 10.0. The second-order valence-corrected chi connectivity index (χ2v) is 6.61. The predicted octanol–water partition coefficient (Wildman–Crippen LogP) is 4.63. The Labute approximate surface area is 139 Å². The van der Waals surface area contributed by atoms with Crippen LogP contribution in [0.4, 0.5) is 0 Å². The molecule has 0 aliphatic carbocycles. The molecule has 0 aliphatic heterocycles. The molecule has 0 fully saturated rings. The summed E-state index contributed by atoms with van der Waals surface area (Å²) >= 11 is 0. The first-order valence-corrected chi connectivity index (χ1v) is 8.47. The quantitative estimate of drug-likeness (QED) is 0.657. The Morgan fingerprint density at radius 3 is 2.48 bits per heavy atom. The number of para-hydroxylation sites is 1. The number of aryl methyl sites for hydroxylation is 1. The molecular formula is C21H26N2. The fraction of sp³-hybridized carbons (Fsp3) is 0.333. The highest BCUT2D eigenvalue weighted by atomic mass is 14.9. The van der Waals surface area contributed by atoms with Crippen molar-refractivity contribution in [2.75, 3.05) is 6.54 Å². The Morgan fingerprint density at radius 2 is 1.74 bits per heavy atom. The average Bonchev–Trinajstić information content (AvgIpc) is 2.89. The van der Waals surface area contributed by atoms with Crippen LogP contribution in [0.5, 0.6) is 0 Å². The van der Waals surface area contributed by atoms with Gasteiger partial charge in [0.25, 0.3) is 0 Å². The van der Waals surface area contributed by atoms with Gasteiger partial charge in [-0.3, -0.25) is 0 Å². The minimum atomic E-state index is 0.600. The summed E-state index contributed by atoms with van der Waals surface area (Å²) in [6, 6.07) is 17.6. The summed E-state index contributed by atoms with van der Waals surface area (Å²) in [4.78, 5) is 0. The minimum absolute atomic E-state index is 0.600. The molecule has 0 amide bonds. The standard InChI is InChI=1S/C21H26N2/c1-16(2)18-10-8-17(9-11-18)14-22-13-12-19-15-23(3)21-7-5-4-6-20(19)21/h4-11,15-16,22H,12-14H2,1-3H3. The van der Waals surface area contributed by atoms with Crippen LogP contribution in [-0.4, -0.2) is 11.1 Å². The Hall–Kier alpha value is -2.06. The molecule has 0 radical (unpaired) electrons. The van der Waals surface area contributed by atoms with Crippen LogP contribution in [0.15, 0.2) is 54.7 Å². The zero-order valence-electron chi connectivity index (χ0n) is 14.3. The molecule has 1 N–H and O–H groups in total. The van der Waals surface area contributed by atoms with E-state index in [4.69, 9.17) is 0 Å². The van der Waals surface area contributed by atoms with Gasteiger partial charge in [-0.1, -0.05) is 56.3 Å². The lowest BCUT2D eigenvalue weighted by Gasteiger charge is -2.08. The summed E-state index contributed by atoms with van der Waals surface area (Å²) in [6.07, 6.45) is 3.31. The maximum absolute atomic E-state index is 3.56. The van der Waals surface area contributed by atoms with Crippen molar-refractivity contribution in [3.63, 3.8) is 0 Å². The van der Waals surface area contributed by atoms with Gasteiger partial charge in [-0.15, -0.1) is 0 Å². The SMILES string of the molecule is CC(C)c1ccc(CNCCc2cn(C)c3ccccc23)cc1. The van der Waals surface area contributed by atoms with Gasteiger partial charge in [0, 0.05) is 30.7 Å². The van der Waals surface area contributed by atoms with Crippen LogP contribution in [0.1, 0.15) is 36.5 Å². The van der Waals surface area contributed by atoms with Crippen molar-refractivity contribution in [1.29, 1.82) is 0 Å². The number of benzene rings is 2. The first-order chi connectivity index (χ1) is 11.1. The van der Waals surface area contributed by atoms with E-state index in [0.29, 0.717) is 5.92 Å². The van der Waals surface area contributed by atoms with Gasteiger partial charge in [-0.25, -0.2) is 0 Å². The molecule has 1 heterocycles. The monoisotopic (exact) mass is 306 g/mol. The highest BCUT2D eigenvalue weighted by molar-refractivity contribution is 5.83. The first-order valence-electron chi connectivity index (χ1n) is 8.47. The fourth-order valence-corrected chi connectivity index (χ4v) is 3.10. The van der Waals surface area contributed by atoms with E-state index >= 15 is 0 Å². The summed E-state index contributed by atoms with van der Waals surface area (Å²) < 4.78 is 2.22. The smallest absolute Gasteiger partial charge is 0.0480 e. The number of nitrogens with zero attached hydrogens (tertiary/aromatic N) is 1. The molecule has 0 atom stereocenters. The van der Waals surface area contributed by atoms with Crippen molar-refractivity contribution in [3.8, 4) is 0 Å². The molecule has 1 aromatic heterocycles. The van der Waals surface area contributed by atoms with Crippen LogP contribution >= 0.6 is 0 Å². The van der Waals surface area contributed by atoms with Gasteiger partial charge in [0.15, 0.2) is 0 Å². The first kappa shape index (κ1) is 15.8. The van der Waals surface area contributed by atoms with Crippen LogP contribution in [0.25, 0.3) is 10.9 Å². The van der Waals surface area contributed by atoms with Gasteiger partial charge in [-0.05, 0) is 41.6 Å². The summed E-state index contributed by atoms with van der Waals surface area (Å²) in [5.41, 5.74) is 5.49. The topological polar surface area (TPSA) is 17.0 Å². The lowest BCUT2D eigenvalue weighted by Crippen LogP contribution is -2.16. The normalized spacial score (nSPS) is 11.5. The van der Waals surface area contributed by atoms with E-state index < -0.39 is 0 Å². The molecule has 0 spiro atoms. The number of fused-ring (bicyclic) bond motifs is 1. The van der Waals surface area contributed by atoms with Crippen molar-refractivity contribution in [1.82, 2.24) is 9.88 Å². The fourth-order valence-electron chi connectivity index (χ4n) is 3.10. The van der Waals surface area contributed by atoms with Crippen molar-refractivity contribution < 1.29 is 0 Å². The van der Waals surface area contributed by atoms with E-state index in [1.54, 1.807) is 0 Å². The Balaban J connectivity index is 1.55. The summed E-state index contributed by atoms with van der Waals surface area (Å²) in [5, 5.41) is 4.94. The van der Waals surface area contributed by atoms with E-state index in [9.17, 15) is 0 Å². The molecule has 0 saturated carbocycles. The molecule has 23 heavy (non-hydrogen) atoms. The summed E-state index contributed by atoms with van der Waals surface area (Å²) in [6.45, 7) is 6.40. The van der Waals surface area contributed by atoms with E-state index in [2.05, 4.69) is 85.5 Å². The molecule has 2 nitrogen and oxygen atoms in total. The molecule has 0 saturated heterocycles. The largest absolute Gasteiger partial charge is 0.350 e. The third-order valence-corrected chi connectivity index (χ3v) is 4.53. The third-order valence-electron chi connectivity index (χ3n) is 4.53. The van der Waals surface area contributed by atoms with Crippen LogP contribution < -0.4 is 5.32 Å². The molecule has 120 valence electrons. The highest BCUT2D eigenvalue weighted by Gasteiger charge is 2.05. The minimum Gasteiger partial charge on any atom is -0.350 e. The predicted molar refractivity (Wildman–Crippen MR) is 98.9 cm³/mol. The van der Waals surface area contributed by atoms with Crippen LogP contribution in [0, 0.1) is 0 Å². The maximum atomic E-state index is 3.56. The number of hydrogen-bond acceptors (Lipinski definition) is 1. The zero-order valence-corrected chi connectivity index (χ0v) is 14.3. The summed E-state index contributed by atoms with van der Waals surface area (Å²) in [5.74, 6) is 0.600. The van der Waals surface area contributed by atoms with E-state index in [1.807, 2.05) is 0 Å². The lowest BCUT2D eigenvalue weighted by molar-refractivity contribution is 0.687. The number of hydrogen-bond donors (Lipinski definition) is 1. The molecule has 2 heteroatoms. The average molecular weight is 306 g/mol. The van der Waals surface area contributed by atoms with Crippen molar-refractivity contribution in [2.24, 2.45) is 7.05 Å². The van der Waals surface area contributed by atoms with Gasteiger partial charge in [0.2, 0.25) is 0 Å². The Morgan fingerprint density at radius 1 is 1.00 bits per heavy atom. The van der Waals surface area contributed by atoms with Crippen molar-refractivity contribution >= 4 is 10.9 Å². The van der Waals surface area contributed by atoms with Gasteiger partial charge in [-0.2, -0.15) is 0 Å². The van der Waals surface area contributed by atoms with E-state index in [0.717, 1.165) is 19.5 Å². The maximum Gasteiger partial charge on any atom is 0.0480 e. The molecular weight excluding hydrogens is 280 g/mol. The second kappa shape index (κ2) is 7.01. The third kappa shape index (κ3) is 3.65. The number of rotatable bonds is 6. The van der Waals surface area contributed by atoms with Crippen LogP contribution in [0.3, 0.4) is 0 Å². The van der Waals surface area contributed by atoms with Crippen molar-refractivity contribution in [3.05, 3.63) is 71.4 Å². The molecule has 0 unspecified atom stereocenters. The van der Waals surface area contributed by atoms with Crippen molar-refractivity contribution in [2.45, 2.75) is 32.7 Å². The molecule has 0 aliphatic rings. The number of aromatic nitrogens is 1. The highest BCUT2D eigenvalue weighted by Crippen LogP contribution is 2.20.